The molecule has 0 aliphatic heterocycles. The number of nitriles is 2. The molecule has 1 heterocycles. The number of allylic oxidation sites excluding steroid dienone is 2. The minimum Gasteiger partial charge on any atom is -0.248 e. The summed E-state index contributed by atoms with van der Waals surface area (Å²) in [5, 5.41) is 17.3. The summed E-state index contributed by atoms with van der Waals surface area (Å²) in [5.74, 6) is 0. The van der Waals surface area contributed by atoms with Crippen molar-refractivity contribution in [1.29, 1.82) is 10.5 Å². The number of aryl methyl sites for hydroxylation is 1. The van der Waals surface area contributed by atoms with Crippen LogP contribution in [0.1, 0.15) is 16.7 Å². The molecule has 0 saturated carbocycles. The fraction of sp³-hybridized carbons (Fsp3) is 0.0588. The lowest BCUT2D eigenvalue weighted by Gasteiger charge is -2.05. The van der Waals surface area contributed by atoms with E-state index in [9.17, 15) is 8.42 Å². The predicted molar refractivity (Wildman–Crippen MR) is 87.5 cm³/mol. The van der Waals surface area contributed by atoms with Crippen molar-refractivity contribution in [1.82, 2.24) is 3.97 Å². The maximum Gasteiger partial charge on any atom is 0.267 e. The van der Waals surface area contributed by atoms with E-state index in [0.717, 1.165) is 9.54 Å². The summed E-state index contributed by atoms with van der Waals surface area (Å²) in [4.78, 5) is 0.171. The number of hydrogen-bond acceptors (Lipinski definition) is 4. The van der Waals surface area contributed by atoms with E-state index in [1.54, 1.807) is 24.3 Å². The lowest BCUT2D eigenvalue weighted by molar-refractivity contribution is 0.587. The molecule has 2 rings (SSSR count). The molecular weight excluding hydrogens is 310 g/mol. The molecule has 0 aliphatic rings. The van der Waals surface area contributed by atoms with Crippen LogP contribution in [-0.4, -0.2) is 12.4 Å². The zero-order valence-corrected chi connectivity index (χ0v) is 13.2. The first-order chi connectivity index (χ1) is 11.0. The van der Waals surface area contributed by atoms with Gasteiger partial charge in [-0.2, -0.15) is 10.5 Å². The summed E-state index contributed by atoms with van der Waals surface area (Å²) in [6.07, 6.45) is 8.33. The van der Waals surface area contributed by atoms with Gasteiger partial charge in [-0.1, -0.05) is 17.7 Å². The van der Waals surface area contributed by atoms with Gasteiger partial charge in [0, 0.05) is 35.7 Å². The van der Waals surface area contributed by atoms with Crippen LogP contribution in [0.3, 0.4) is 0 Å². The van der Waals surface area contributed by atoms with E-state index in [2.05, 4.69) is 0 Å². The molecule has 0 radical (unpaired) electrons. The smallest absolute Gasteiger partial charge is 0.248 e. The summed E-state index contributed by atoms with van der Waals surface area (Å²) in [6.45, 7) is 1.88. The summed E-state index contributed by atoms with van der Waals surface area (Å²) in [7, 11) is -3.72. The second kappa shape index (κ2) is 6.78. The topological polar surface area (TPSA) is 86.7 Å². The molecular formula is C17H13N3O2S. The Labute approximate surface area is 135 Å². The van der Waals surface area contributed by atoms with Crippen LogP contribution in [0.4, 0.5) is 0 Å². The van der Waals surface area contributed by atoms with Crippen LogP contribution >= 0.6 is 0 Å². The van der Waals surface area contributed by atoms with Gasteiger partial charge in [0.2, 0.25) is 0 Å². The first kappa shape index (κ1) is 16.3. The van der Waals surface area contributed by atoms with E-state index in [1.807, 2.05) is 19.1 Å². The van der Waals surface area contributed by atoms with Gasteiger partial charge in [-0.05, 0) is 31.2 Å². The lowest BCUT2D eigenvalue weighted by Crippen LogP contribution is -2.10. The Kier molecular flexibility index (Phi) is 4.80. The number of nitrogens with zero attached hydrogens (tertiary/aromatic N) is 3. The summed E-state index contributed by atoms with van der Waals surface area (Å²) in [6, 6.07) is 10.2. The predicted octanol–water partition coefficient (Wildman–Crippen LogP) is 3.11. The van der Waals surface area contributed by atoms with Gasteiger partial charge in [-0.15, -0.1) is 0 Å². The maximum atomic E-state index is 12.6. The third-order valence-electron chi connectivity index (χ3n) is 3.14. The van der Waals surface area contributed by atoms with Gasteiger partial charge in [0.25, 0.3) is 10.0 Å². The molecule has 114 valence electrons. The van der Waals surface area contributed by atoms with Crippen molar-refractivity contribution in [2.24, 2.45) is 0 Å². The van der Waals surface area contributed by atoms with Gasteiger partial charge in [0.1, 0.15) is 0 Å². The highest BCUT2D eigenvalue weighted by Crippen LogP contribution is 2.21. The highest BCUT2D eigenvalue weighted by Gasteiger charge is 2.17. The van der Waals surface area contributed by atoms with Crippen LogP contribution in [0.2, 0.25) is 0 Å². The van der Waals surface area contributed by atoms with E-state index in [-0.39, 0.29) is 4.90 Å². The van der Waals surface area contributed by atoms with Gasteiger partial charge >= 0.3 is 0 Å². The fourth-order valence-electron chi connectivity index (χ4n) is 1.96. The molecule has 0 unspecified atom stereocenters. The van der Waals surface area contributed by atoms with E-state index in [0.29, 0.717) is 11.1 Å². The van der Waals surface area contributed by atoms with Crippen molar-refractivity contribution in [3.63, 3.8) is 0 Å². The summed E-state index contributed by atoms with van der Waals surface area (Å²) in [5.41, 5.74) is 2.04. The van der Waals surface area contributed by atoms with Crippen molar-refractivity contribution >= 4 is 22.2 Å². The quantitative estimate of drug-likeness (QED) is 0.809. The molecule has 23 heavy (non-hydrogen) atoms. The van der Waals surface area contributed by atoms with Crippen molar-refractivity contribution in [2.45, 2.75) is 11.8 Å². The number of benzene rings is 1. The molecule has 1 aromatic carbocycles. The van der Waals surface area contributed by atoms with Crippen LogP contribution in [0.15, 0.2) is 53.7 Å². The van der Waals surface area contributed by atoms with Crippen LogP contribution in [0.5, 0.6) is 0 Å². The average Bonchev–Trinajstić information content (AvgIpc) is 2.95. The molecule has 0 spiro atoms. The van der Waals surface area contributed by atoms with Gasteiger partial charge in [-0.3, -0.25) is 0 Å². The second-order valence-electron chi connectivity index (χ2n) is 4.74. The summed E-state index contributed by atoms with van der Waals surface area (Å²) < 4.78 is 26.4. The fourth-order valence-corrected chi connectivity index (χ4v) is 3.19. The zero-order chi connectivity index (χ0) is 16.9. The number of rotatable bonds is 4. The molecule has 0 N–H and O–H groups in total. The molecule has 0 fully saturated rings. The average molecular weight is 323 g/mol. The van der Waals surface area contributed by atoms with E-state index in [1.165, 1.54) is 36.7 Å². The molecule has 0 amide bonds. The van der Waals surface area contributed by atoms with E-state index < -0.39 is 10.0 Å². The Hall–Kier alpha value is -3.09. The monoisotopic (exact) mass is 323 g/mol. The third-order valence-corrected chi connectivity index (χ3v) is 4.77. The molecule has 5 nitrogen and oxygen atoms in total. The van der Waals surface area contributed by atoms with Crippen LogP contribution in [0.25, 0.3) is 12.2 Å². The van der Waals surface area contributed by atoms with Crippen molar-refractivity contribution < 1.29 is 8.42 Å². The Morgan fingerprint density at radius 2 is 1.43 bits per heavy atom. The Balaban J connectivity index is 2.55. The molecule has 6 heteroatoms. The highest BCUT2D eigenvalue weighted by molar-refractivity contribution is 7.90. The molecule has 0 bridgehead atoms. The van der Waals surface area contributed by atoms with Gasteiger partial charge in [-0.25, -0.2) is 12.4 Å². The van der Waals surface area contributed by atoms with Crippen LogP contribution in [-0.2, 0) is 10.0 Å². The minimum absolute atomic E-state index is 0.171. The van der Waals surface area contributed by atoms with Crippen molar-refractivity contribution in [3.05, 3.63) is 65.5 Å². The van der Waals surface area contributed by atoms with Crippen molar-refractivity contribution in [2.75, 3.05) is 0 Å². The van der Waals surface area contributed by atoms with E-state index in [4.69, 9.17) is 10.5 Å². The Bertz CT molecular complexity index is 909. The number of aromatic nitrogens is 1. The molecule has 2 aromatic rings. The largest absolute Gasteiger partial charge is 0.267 e. The van der Waals surface area contributed by atoms with Crippen molar-refractivity contribution in [3.8, 4) is 12.1 Å². The van der Waals surface area contributed by atoms with Gasteiger partial charge in [0.15, 0.2) is 0 Å². The SMILES string of the molecule is Cc1ccc(S(=O)(=O)n2cc(/C=C\C#N)c(/C=C/C#N)c2)cc1. The number of hydrogen-bond donors (Lipinski definition) is 0. The van der Waals surface area contributed by atoms with E-state index >= 15 is 0 Å². The molecule has 0 atom stereocenters. The first-order valence-corrected chi connectivity index (χ1v) is 8.09. The minimum atomic E-state index is -3.72. The second-order valence-corrected chi connectivity index (χ2v) is 6.58. The van der Waals surface area contributed by atoms with Crippen LogP contribution in [0, 0.1) is 29.6 Å². The third kappa shape index (κ3) is 3.57. The normalized spacial score (nSPS) is 11.6. The zero-order valence-electron chi connectivity index (χ0n) is 12.3. The van der Waals surface area contributed by atoms with Gasteiger partial charge < -0.3 is 0 Å². The molecule has 1 aromatic heterocycles. The first-order valence-electron chi connectivity index (χ1n) is 6.65. The Morgan fingerprint density at radius 1 is 0.957 bits per heavy atom. The van der Waals surface area contributed by atoms with Gasteiger partial charge in [0.05, 0.1) is 17.0 Å². The highest BCUT2D eigenvalue weighted by atomic mass is 32.2. The molecule has 0 saturated heterocycles. The molecule has 0 aliphatic carbocycles. The standard InChI is InChI=1S/C17H13N3O2S/c1-14-6-8-17(9-7-14)23(21,22)20-12-15(4-2-10-18)16(13-20)5-3-11-19/h2-9,12-13H,1H3/b4-2-,5-3+. The maximum absolute atomic E-state index is 12.6. The lowest BCUT2D eigenvalue weighted by atomic mass is 10.2. The summed E-state index contributed by atoms with van der Waals surface area (Å²) >= 11 is 0. The Morgan fingerprint density at radius 3 is 1.87 bits per heavy atom. The van der Waals surface area contributed by atoms with Crippen LogP contribution < -0.4 is 0 Å².